The van der Waals surface area contributed by atoms with Crippen LogP contribution in [0.2, 0.25) is 0 Å². The normalized spacial score (nSPS) is 24.7. The second kappa shape index (κ2) is 5.21. The molecule has 6 nitrogen and oxygen atoms in total. The van der Waals surface area contributed by atoms with E-state index in [2.05, 4.69) is 34.4 Å². The molecule has 0 saturated carbocycles. The van der Waals surface area contributed by atoms with E-state index in [1.807, 2.05) is 0 Å². The van der Waals surface area contributed by atoms with Gasteiger partial charge in [-0.3, -0.25) is 4.79 Å². The van der Waals surface area contributed by atoms with E-state index in [-0.39, 0.29) is 11.5 Å². The summed E-state index contributed by atoms with van der Waals surface area (Å²) >= 11 is 1.44. The molecule has 2 aliphatic heterocycles. The standard InChI is InChI=1S/C13H18N4O2S/c1-13(2)5-8(3-4-19-13)16-11-10-12(15-7-14-11)20-6-9(18)17-10/h7-8H,3-6H2,1-2H3,(H,17,18)(H,14,15,16). The first-order chi connectivity index (χ1) is 9.53. The van der Waals surface area contributed by atoms with Crippen molar-refractivity contribution < 1.29 is 9.53 Å². The van der Waals surface area contributed by atoms with Crippen LogP contribution < -0.4 is 10.6 Å². The predicted molar refractivity (Wildman–Crippen MR) is 78.1 cm³/mol. The molecule has 108 valence electrons. The van der Waals surface area contributed by atoms with Crippen molar-refractivity contribution in [3.05, 3.63) is 6.33 Å². The smallest absolute Gasteiger partial charge is 0.234 e. The molecule has 3 heterocycles. The Hall–Kier alpha value is -1.34. The summed E-state index contributed by atoms with van der Waals surface area (Å²) in [6, 6.07) is 0.293. The van der Waals surface area contributed by atoms with Crippen LogP contribution in [0.15, 0.2) is 11.4 Å². The zero-order valence-electron chi connectivity index (χ0n) is 11.6. The van der Waals surface area contributed by atoms with Crippen molar-refractivity contribution in [1.82, 2.24) is 9.97 Å². The monoisotopic (exact) mass is 294 g/mol. The molecule has 0 bridgehead atoms. The molecule has 2 N–H and O–H groups in total. The van der Waals surface area contributed by atoms with Gasteiger partial charge >= 0.3 is 0 Å². The van der Waals surface area contributed by atoms with Gasteiger partial charge in [-0.05, 0) is 26.7 Å². The summed E-state index contributed by atoms with van der Waals surface area (Å²) in [6.07, 6.45) is 3.38. The Morgan fingerprint density at radius 2 is 2.35 bits per heavy atom. The van der Waals surface area contributed by atoms with Crippen molar-refractivity contribution in [2.45, 2.75) is 43.4 Å². The highest BCUT2D eigenvalue weighted by Crippen LogP contribution is 2.35. The number of hydrogen-bond acceptors (Lipinski definition) is 6. The van der Waals surface area contributed by atoms with Crippen molar-refractivity contribution in [2.75, 3.05) is 23.0 Å². The van der Waals surface area contributed by atoms with Crippen molar-refractivity contribution in [1.29, 1.82) is 0 Å². The van der Waals surface area contributed by atoms with Gasteiger partial charge in [0.2, 0.25) is 5.91 Å². The van der Waals surface area contributed by atoms with E-state index in [1.165, 1.54) is 18.1 Å². The van der Waals surface area contributed by atoms with Crippen LogP contribution in [0.3, 0.4) is 0 Å². The highest BCUT2D eigenvalue weighted by Gasteiger charge is 2.30. The van der Waals surface area contributed by atoms with Gasteiger partial charge in [0.15, 0.2) is 5.82 Å². The van der Waals surface area contributed by atoms with Gasteiger partial charge in [0.25, 0.3) is 0 Å². The van der Waals surface area contributed by atoms with Gasteiger partial charge in [-0.15, -0.1) is 0 Å². The predicted octanol–water partition coefficient (Wildman–Crippen LogP) is 1.89. The summed E-state index contributed by atoms with van der Waals surface area (Å²) in [7, 11) is 0. The summed E-state index contributed by atoms with van der Waals surface area (Å²) < 4.78 is 5.72. The lowest BCUT2D eigenvalue weighted by Crippen LogP contribution is -2.40. The van der Waals surface area contributed by atoms with E-state index in [1.54, 1.807) is 0 Å². The van der Waals surface area contributed by atoms with Gasteiger partial charge < -0.3 is 15.4 Å². The Kier molecular flexibility index (Phi) is 3.55. The van der Waals surface area contributed by atoms with Crippen LogP contribution >= 0.6 is 11.8 Å². The van der Waals surface area contributed by atoms with Crippen LogP contribution in [-0.2, 0) is 9.53 Å². The second-order valence-electron chi connectivity index (χ2n) is 5.68. The van der Waals surface area contributed by atoms with Crippen molar-refractivity contribution in [2.24, 2.45) is 0 Å². The Morgan fingerprint density at radius 1 is 1.50 bits per heavy atom. The summed E-state index contributed by atoms with van der Waals surface area (Å²) in [6.45, 7) is 4.92. The van der Waals surface area contributed by atoms with Crippen molar-refractivity contribution >= 4 is 29.2 Å². The van der Waals surface area contributed by atoms with Crippen molar-refractivity contribution in [3.8, 4) is 0 Å². The minimum absolute atomic E-state index is 0.00680. The number of anilines is 2. The van der Waals surface area contributed by atoms with E-state index < -0.39 is 0 Å². The van der Waals surface area contributed by atoms with Crippen LogP contribution in [0.25, 0.3) is 0 Å². The molecule has 1 atom stereocenters. The Labute approximate surface area is 122 Å². The third-order valence-corrected chi connectivity index (χ3v) is 4.44. The zero-order chi connectivity index (χ0) is 14.2. The second-order valence-corrected chi connectivity index (χ2v) is 6.65. The molecule has 7 heteroatoms. The van der Waals surface area contributed by atoms with Crippen molar-refractivity contribution in [3.63, 3.8) is 0 Å². The SMILES string of the molecule is CC1(C)CC(Nc2ncnc3c2NC(=O)CS3)CCO1. The molecule has 3 rings (SSSR count). The topological polar surface area (TPSA) is 76.1 Å². The summed E-state index contributed by atoms with van der Waals surface area (Å²) in [5.41, 5.74) is 0.583. The van der Waals surface area contributed by atoms with E-state index in [0.717, 1.165) is 24.5 Å². The fourth-order valence-corrected chi connectivity index (χ4v) is 3.31. The van der Waals surface area contributed by atoms with Crippen LogP contribution in [0.4, 0.5) is 11.5 Å². The number of carbonyl (C=O) groups excluding carboxylic acids is 1. The molecular weight excluding hydrogens is 276 g/mol. The number of hydrogen-bond donors (Lipinski definition) is 2. The molecule has 2 aliphatic rings. The average molecular weight is 294 g/mol. The number of aromatic nitrogens is 2. The number of amides is 1. The van der Waals surface area contributed by atoms with E-state index in [9.17, 15) is 4.79 Å². The van der Waals surface area contributed by atoms with Gasteiger partial charge in [-0.1, -0.05) is 11.8 Å². The van der Waals surface area contributed by atoms with Crippen LogP contribution in [0, 0.1) is 0 Å². The fourth-order valence-electron chi connectivity index (χ4n) is 2.56. The summed E-state index contributed by atoms with van der Waals surface area (Å²) in [4.78, 5) is 20.0. The molecule has 0 aliphatic carbocycles. The molecule has 1 unspecified atom stereocenters. The molecule has 0 aromatic carbocycles. The first-order valence-electron chi connectivity index (χ1n) is 6.72. The fraction of sp³-hybridized carbons (Fsp3) is 0.615. The highest BCUT2D eigenvalue weighted by atomic mass is 32.2. The Morgan fingerprint density at radius 3 is 3.15 bits per heavy atom. The van der Waals surface area contributed by atoms with E-state index >= 15 is 0 Å². The molecule has 1 amide bonds. The number of nitrogens with zero attached hydrogens (tertiary/aromatic N) is 2. The maximum Gasteiger partial charge on any atom is 0.234 e. The number of rotatable bonds is 2. The van der Waals surface area contributed by atoms with Crippen LogP contribution in [0.1, 0.15) is 26.7 Å². The number of fused-ring (bicyclic) bond motifs is 1. The van der Waals surface area contributed by atoms with Crippen LogP contribution in [0.5, 0.6) is 0 Å². The summed E-state index contributed by atoms with van der Waals surface area (Å²) in [5, 5.41) is 7.11. The number of carbonyl (C=O) groups is 1. The van der Waals surface area contributed by atoms with Gasteiger partial charge in [-0.2, -0.15) is 0 Å². The average Bonchev–Trinajstić information content (AvgIpc) is 2.38. The molecule has 0 spiro atoms. The van der Waals surface area contributed by atoms with Crippen LogP contribution in [-0.4, -0.2) is 39.9 Å². The third kappa shape index (κ3) is 2.88. The molecule has 1 fully saturated rings. The first-order valence-corrected chi connectivity index (χ1v) is 7.70. The maximum atomic E-state index is 11.5. The lowest BCUT2D eigenvalue weighted by atomic mass is 9.94. The molecule has 0 radical (unpaired) electrons. The largest absolute Gasteiger partial charge is 0.375 e. The molecular formula is C13H18N4O2S. The van der Waals surface area contributed by atoms with Gasteiger partial charge in [0, 0.05) is 12.6 Å². The van der Waals surface area contributed by atoms with E-state index in [4.69, 9.17) is 4.74 Å². The quantitative estimate of drug-likeness (QED) is 0.811. The molecule has 1 aromatic rings. The lowest BCUT2D eigenvalue weighted by Gasteiger charge is -2.36. The zero-order valence-corrected chi connectivity index (χ0v) is 12.4. The molecule has 1 saturated heterocycles. The number of ether oxygens (including phenoxy) is 1. The minimum Gasteiger partial charge on any atom is -0.375 e. The summed E-state index contributed by atoms with van der Waals surface area (Å²) in [5.74, 6) is 1.11. The highest BCUT2D eigenvalue weighted by molar-refractivity contribution is 8.00. The number of nitrogens with one attached hydrogen (secondary N) is 2. The van der Waals surface area contributed by atoms with Gasteiger partial charge in [-0.25, -0.2) is 9.97 Å². The van der Waals surface area contributed by atoms with Gasteiger partial charge in [0.05, 0.1) is 11.4 Å². The maximum absolute atomic E-state index is 11.5. The van der Waals surface area contributed by atoms with Gasteiger partial charge in [0.1, 0.15) is 17.0 Å². The first kappa shape index (κ1) is 13.6. The third-order valence-electron chi connectivity index (χ3n) is 3.45. The lowest BCUT2D eigenvalue weighted by molar-refractivity contribution is -0.113. The van der Waals surface area contributed by atoms with E-state index in [0.29, 0.717) is 23.3 Å². The number of thioether (sulfide) groups is 1. The Balaban J connectivity index is 1.79. The molecule has 20 heavy (non-hydrogen) atoms. The Bertz CT molecular complexity index is 535. The molecule has 1 aromatic heterocycles. The minimum atomic E-state index is -0.124.